The lowest BCUT2D eigenvalue weighted by Crippen LogP contribution is -2.44. The number of methoxy groups -OCH3 is 2. The third-order valence-corrected chi connectivity index (χ3v) is 5.82. The van der Waals surface area contributed by atoms with E-state index in [1.165, 1.54) is 31.9 Å². The first-order valence-electron chi connectivity index (χ1n) is 11.1. The number of hydrogen-bond acceptors (Lipinski definition) is 6. The van der Waals surface area contributed by atoms with Crippen LogP contribution in [0, 0.1) is 6.92 Å². The van der Waals surface area contributed by atoms with Crippen LogP contribution in [0.1, 0.15) is 52.7 Å². The Morgan fingerprint density at radius 3 is 2.45 bits per heavy atom. The molecule has 0 saturated carbocycles. The van der Waals surface area contributed by atoms with Gasteiger partial charge in [-0.2, -0.15) is 0 Å². The number of piperidine rings is 1. The van der Waals surface area contributed by atoms with Crippen molar-refractivity contribution in [2.75, 3.05) is 40.9 Å². The molecule has 1 unspecified atom stereocenters. The van der Waals surface area contributed by atoms with Crippen molar-refractivity contribution < 1.29 is 18.7 Å². The van der Waals surface area contributed by atoms with E-state index in [0.29, 0.717) is 29.6 Å². The lowest BCUT2D eigenvalue weighted by molar-refractivity contribution is 0.0599. The Balaban J connectivity index is 0.00000385. The van der Waals surface area contributed by atoms with Gasteiger partial charge in [-0.3, -0.25) is 9.89 Å². The van der Waals surface area contributed by atoms with E-state index in [9.17, 15) is 4.79 Å². The van der Waals surface area contributed by atoms with Gasteiger partial charge in [0.05, 0.1) is 26.8 Å². The van der Waals surface area contributed by atoms with Crippen LogP contribution in [0.3, 0.4) is 0 Å². The van der Waals surface area contributed by atoms with E-state index in [0.717, 1.165) is 25.4 Å². The summed E-state index contributed by atoms with van der Waals surface area (Å²) in [5.74, 6) is 2.32. The molecule has 9 heteroatoms. The molecule has 2 N–H and O–H groups in total. The molecule has 1 atom stereocenters. The summed E-state index contributed by atoms with van der Waals surface area (Å²) in [4.78, 5) is 18.7. The highest BCUT2D eigenvalue weighted by atomic mass is 127. The number of aliphatic imine (C=N–C) groups is 1. The Labute approximate surface area is 213 Å². The fourth-order valence-corrected chi connectivity index (χ4v) is 4.04. The van der Waals surface area contributed by atoms with Gasteiger partial charge in [-0.1, -0.05) is 18.6 Å². The van der Waals surface area contributed by atoms with Crippen molar-refractivity contribution in [2.24, 2.45) is 4.99 Å². The highest BCUT2D eigenvalue weighted by molar-refractivity contribution is 14.0. The van der Waals surface area contributed by atoms with E-state index in [1.54, 1.807) is 27.1 Å². The van der Waals surface area contributed by atoms with Crippen LogP contribution in [0.25, 0.3) is 0 Å². The van der Waals surface area contributed by atoms with Crippen molar-refractivity contribution in [2.45, 2.75) is 38.8 Å². The second kappa shape index (κ2) is 13.4. The summed E-state index contributed by atoms with van der Waals surface area (Å²) in [6, 6.07) is 10.2. The van der Waals surface area contributed by atoms with Crippen molar-refractivity contribution in [3.8, 4) is 5.75 Å². The number of ether oxygens (including phenoxy) is 2. The van der Waals surface area contributed by atoms with Crippen LogP contribution in [0.15, 0.2) is 39.7 Å². The number of esters is 1. The smallest absolute Gasteiger partial charge is 0.341 e. The second-order valence-corrected chi connectivity index (χ2v) is 7.87. The molecule has 1 aromatic heterocycles. The number of benzene rings is 1. The predicted octanol–water partition coefficient (Wildman–Crippen LogP) is 3.89. The third kappa shape index (κ3) is 7.36. The third-order valence-electron chi connectivity index (χ3n) is 5.82. The first kappa shape index (κ1) is 27.0. The molecule has 1 saturated heterocycles. The molecule has 2 aromatic rings. The minimum Gasteiger partial charge on any atom is -0.497 e. The summed E-state index contributed by atoms with van der Waals surface area (Å²) in [6.07, 6.45) is 3.73. The zero-order valence-electron chi connectivity index (χ0n) is 19.8. The fourth-order valence-electron chi connectivity index (χ4n) is 4.04. The minimum absolute atomic E-state index is 0. The molecule has 1 fully saturated rings. The lowest BCUT2D eigenvalue weighted by atomic mass is 10.0. The molecule has 0 spiro atoms. The molecule has 33 heavy (non-hydrogen) atoms. The molecule has 1 aliphatic rings. The van der Waals surface area contributed by atoms with Gasteiger partial charge < -0.3 is 24.5 Å². The number of carbonyl (C=O) groups is 1. The molecule has 0 radical (unpaired) electrons. The monoisotopic (exact) mass is 570 g/mol. The normalized spacial score (nSPS) is 15.3. The molecule has 0 bridgehead atoms. The van der Waals surface area contributed by atoms with E-state index in [1.807, 2.05) is 12.1 Å². The fraction of sp³-hybridized carbons (Fsp3) is 0.500. The van der Waals surface area contributed by atoms with Crippen LogP contribution in [0.4, 0.5) is 0 Å². The van der Waals surface area contributed by atoms with Crippen LogP contribution >= 0.6 is 24.0 Å². The summed E-state index contributed by atoms with van der Waals surface area (Å²) in [7, 11) is 4.79. The van der Waals surface area contributed by atoms with Gasteiger partial charge in [0.2, 0.25) is 0 Å². The highest BCUT2D eigenvalue weighted by Crippen LogP contribution is 2.26. The number of carbonyl (C=O) groups excluding carboxylic acids is 1. The maximum Gasteiger partial charge on any atom is 0.341 e. The number of halogens is 1. The Bertz CT molecular complexity index is 908. The predicted molar refractivity (Wildman–Crippen MR) is 140 cm³/mol. The van der Waals surface area contributed by atoms with Crippen LogP contribution in [0.5, 0.6) is 5.75 Å². The molecule has 2 heterocycles. The van der Waals surface area contributed by atoms with E-state index < -0.39 is 5.97 Å². The van der Waals surface area contributed by atoms with Crippen LogP contribution in [-0.2, 0) is 11.3 Å². The van der Waals surface area contributed by atoms with Crippen molar-refractivity contribution in [3.63, 3.8) is 0 Å². The van der Waals surface area contributed by atoms with Crippen molar-refractivity contribution in [1.29, 1.82) is 0 Å². The van der Waals surface area contributed by atoms with Crippen LogP contribution in [-0.4, -0.2) is 57.7 Å². The molecular formula is C24H35IN4O4. The van der Waals surface area contributed by atoms with E-state index >= 15 is 0 Å². The number of hydrogen-bond donors (Lipinski definition) is 2. The van der Waals surface area contributed by atoms with Gasteiger partial charge in [0.1, 0.15) is 22.8 Å². The van der Waals surface area contributed by atoms with Gasteiger partial charge in [0, 0.05) is 13.6 Å². The van der Waals surface area contributed by atoms with E-state index in [2.05, 4.69) is 32.7 Å². The Kier molecular flexibility index (Phi) is 11.0. The molecular weight excluding hydrogens is 535 g/mol. The van der Waals surface area contributed by atoms with Gasteiger partial charge in [-0.25, -0.2) is 4.79 Å². The Hall–Kier alpha value is -2.27. The van der Waals surface area contributed by atoms with Gasteiger partial charge >= 0.3 is 5.97 Å². The average molecular weight is 570 g/mol. The number of likely N-dealkylation sites (tertiary alicyclic amines) is 1. The first-order chi connectivity index (χ1) is 15.5. The number of rotatable bonds is 8. The molecule has 182 valence electrons. The number of aryl methyl sites for hydroxylation is 1. The molecule has 0 amide bonds. The van der Waals surface area contributed by atoms with Crippen molar-refractivity contribution >= 4 is 35.9 Å². The molecule has 1 aromatic carbocycles. The highest BCUT2D eigenvalue weighted by Gasteiger charge is 2.23. The first-order valence-corrected chi connectivity index (χ1v) is 11.1. The summed E-state index contributed by atoms with van der Waals surface area (Å²) in [5.41, 5.74) is 1.69. The quantitative estimate of drug-likeness (QED) is 0.216. The standard InChI is InChI=1S/C24H34N4O4.HI/c1-17-21(23(29)31-4)14-20(32-17)15-26-24(25-2)27-16-22(28-12-6-5-7-13-28)18-8-10-19(30-3)11-9-18;/h8-11,14,22H,5-7,12-13,15-16H2,1-4H3,(H2,25,26,27);1H. The Morgan fingerprint density at radius 1 is 1.15 bits per heavy atom. The summed E-state index contributed by atoms with van der Waals surface area (Å²) < 4.78 is 15.8. The van der Waals surface area contributed by atoms with Gasteiger partial charge in [-0.15, -0.1) is 24.0 Å². The average Bonchev–Trinajstić information content (AvgIpc) is 3.22. The maximum atomic E-state index is 11.8. The second-order valence-electron chi connectivity index (χ2n) is 7.87. The molecule has 3 rings (SSSR count). The van der Waals surface area contributed by atoms with E-state index in [4.69, 9.17) is 13.9 Å². The lowest BCUT2D eigenvalue weighted by Gasteiger charge is -2.35. The van der Waals surface area contributed by atoms with E-state index in [-0.39, 0.29) is 30.0 Å². The summed E-state index contributed by atoms with van der Waals surface area (Å²) >= 11 is 0. The largest absolute Gasteiger partial charge is 0.497 e. The van der Waals surface area contributed by atoms with Gasteiger partial charge in [-0.05, 0) is 56.6 Å². The van der Waals surface area contributed by atoms with Crippen LogP contribution in [0.2, 0.25) is 0 Å². The zero-order valence-corrected chi connectivity index (χ0v) is 22.2. The van der Waals surface area contributed by atoms with Crippen molar-refractivity contribution in [1.82, 2.24) is 15.5 Å². The molecule has 0 aliphatic carbocycles. The number of furan rings is 1. The maximum absolute atomic E-state index is 11.8. The topological polar surface area (TPSA) is 88.3 Å². The number of nitrogens with one attached hydrogen (secondary N) is 2. The number of guanidine groups is 1. The SMILES string of the molecule is CN=C(NCc1cc(C(=O)OC)c(C)o1)NCC(c1ccc(OC)cc1)N1CCCCC1.I. The summed E-state index contributed by atoms with van der Waals surface area (Å²) in [6.45, 7) is 5.06. The zero-order chi connectivity index (χ0) is 22.9. The van der Waals surface area contributed by atoms with Gasteiger partial charge in [0.25, 0.3) is 0 Å². The Morgan fingerprint density at radius 2 is 1.85 bits per heavy atom. The minimum atomic E-state index is -0.399. The van der Waals surface area contributed by atoms with Crippen LogP contribution < -0.4 is 15.4 Å². The summed E-state index contributed by atoms with van der Waals surface area (Å²) in [5, 5.41) is 6.72. The van der Waals surface area contributed by atoms with Crippen molar-refractivity contribution in [3.05, 3.63) is 53.0 Å². The molecule has 1 aliphatic heterocycles. The molecule has 8 nitrogen and oxygen atoms in total. The van der Waals surface area contributed by atoms with Gasteiger partial charge in [0.15, 0.2) is 5.96 Å². The number of nitrogens with zero attached hydrogens (tertiary/aromatic N) is 2.